The zero-order valence-electron chi connectivity index (χ0n) is 45.0. The van der Waals surface area contributed by atoms with Crippen molar-refractivity contribution in [3.05, 3.63) is 218 Å². The molecule has 0 aliphatic carbocycles. The van der Waals surface area contributed by atoms with Crippen LogP contribution in [0.15, 0.2) is 160 Å². The number of rotatable bonds is 11. The smallest absolute Gasteiger partial charge is 0.339 e. The maximum atomic E-state index is 12.9. The van der Waals surface area contributed by atoms with Gasteiger partial charge in [-0.3, -0.25) is 4.79 Å². The summed E-state index contributed by atoms with van der Waals surface area (Å²) in [6.07, 6.45) is 6.92. The van der Waals surface area contributed by atoms with Crippen LogP contribution in [0.2, 0.25) is 0 Å². The van der Waals surface area contributed by atoms with Gasteiger partial charge >= 0.3 is 11.9 Å². The van der Waals surface area contributed by atoms with E-state index >= 15 is 0 Å². The van der Waals surface area contributed by atoms with E-state index in [1.165, 1.54) is 76.3 Å². The molecule has 0 saturated heterocycles. The molecule has 0 bridgehead atoms. The van der Waals surface area contributed by atoms with Crippen LogP contribution in [0, 0.1) is 20.8 Å². The number of carboxylic acids is 2. The lowest BCUT2D eigenvalue weighted by atomic mass is 9.90. The lowest BCUT2D eigenvalue weighted by Crippen LogP contribution is -2.32. The number of phenols is 2. The molecule has 0 saturated carbocycles. The fourth-order valence-corrected chi connectivity index (χ4v) is 9.77. The molecule has 3 aromatic heterocycles. The van der Waals surface area contributed by atoms with Crippen molar-refractivity contribution in [3.63, 3.8) is 0 Å². The predicted molar refractivity (Wildman–Crippen MR) is 308 cm³/mol. The van der Waals surface area contributed by atoms with E-state index in [0.29, 0.717) is 45.1 Å². The molecule has 0 fully saturated rings. The molecule has 0 aliphatic heterocycles. The van der Waals surface area contributed by atoms with Crippen LogP contribution in [0.25, 0.3) is 61.3 Å². The Bertz CT molecular complexity index is 3970. The van der Waals surface area contributed by atoms with Gasteiger partial charge in [0.05, 0.1) is 12.7 Å². The van der Waals surface area contributed by atoms with Gasteiger partial charge in [-0.2, -0.15) is 4.57 Å². The fraction of sp³-hybridized carbons (Fsp3) is 0.169. The molecule has 0 atom stereocenters. The Morgan fingerprint density at radius 3 is 1.99 bits per heavy atom. The zero-order valence-corrected chi connectivity index (χ0v) is 45.0. The lowest BCUT2D eigenvalue weighted by molar-refractivity contribution is -0.646. The highest BCUT2D eigenvalue weighted by Crippen LogP contribution is 2.39. The van der Waals surface area contributed by atoms with E-state index in [1.54, 1.807) is 55.5 Å². The highest BCUT2D eigenvalue weighted by atomic mass is 16.5. The second-order valence-electron chi connectivity index (χ2n) is 19.5. The number of aromatic carboxylic acids is 2. The second-order valence-corrected chi connectivity index (χ2v) is 19.5. The third-order valence-corrected chi connectivity index (χ3v) is 13.8. The Kier molecular flexibility index (Phi) is 16.2. The van der Waals surface area contributed by atoms with Crippen LogP contribution < -0.4 is 24.7 Å². The van der Waals surface area contributed by atoms with Crippen molar-refractivity contribution in [1.29, 1.82) is 0 Å². The molecule has 13 nitrogen and oxygen atoms in total. The number of carboxylic acid groups (broad SMARTS) is 2. The van der Waals surface area contributed by atoms with Crippen molar-refractivity contribution in [2.75, 3.05) is 26.1 Å². The molecule has 10 rings (SSSR count). The summed E-state index contributed by atoms with van der Waals surface area (Å²) in [6, 6.07) is 43.1. The van der Waals surface area contributed by atoms with Gasteiger partial charge in [-0.25, -0.2) is 9.59 Å². The Labute approximate surface area is 451 Å². The van der Waals surface area contributed by atoms with Gasteiger partial charge in [0.25, 0.3) is 0 Å². The zero-order chi connectivity index (χ0) is 56.1. The van der Waals surface area contributed by atoms with Gasteiger partial charge < -0.3 is 44.2 Å². The Morgan fingerprint density at radius 1 is 0.731 bits per heavy atom. The van der Waals surface area contributed by atoms with Gasteiger partial charge in [0.1, 0.15) is 46.6 Å². The first-order chi connectivity index (χ1) is 37.3. The number of hydrogen-bond donors (Lipinski definition) is 4. The molecule has 7 aromatic carbocycles. The van der Waals surface area contributed by atoms with Crippen LogP contribution in [-0.4, -0.2) is 58.1 Å². The second kappa shape index (κ2) is 23.1. The molecule has 4 N–H and O–H groups in total. The van der Waals surface area contributed by atoms with Crippen molar-refractivity contribution in [3.8, 4) is 28.7 Å². The number of allylic oxidation sites excluding steroid dienone is 2. The molecule has 13 heteroatoms. The first-order valence-corrected chi connectivity index (χ1v) is 25.2. The van der Waals surface area contributed by atoms with E-state index in [9.17, 15) is 39.9 Å². The number of pyridine rings is 1. The Balaban J connectivity index is 0.000000158. The topological polar surface area (TPSA) is 190 Å². The van der Waals surface area contributed by atoms with Crippen molar-refractivity contribution in [2.45, 2.75) is 47.5 Å². The highest BCUT2D eigenvalue weighted by molar-refractivity contribution is 6.02. The third-order valence-electron chi connectivity index (χ3n) is 13.8. The molecule has 0 unspecified atom stereocenters. The number of ether oxygens (including phenoxy) is 1. The largest absolute Gasteiger partial charge is 0.872 e. The number of carbonyl (C=O) groups is 2. The molecule has 0 aliphatic rings. The summed E-state index contributed by atoms with van der Waals surface area (Å²) in [5.74, 6) is -2.81. The van der Waals surface area contributed by atoms with E-state index in [4.69, 9.17) is 9.15 Å². The third kappa shape index (κ3) is 11.3. The average molecular weight is 1040 g/mol. The van der Waals surface area contributed by atoms with Crippen LogP contribution in [0.4, 0.5) is 5.69 Å². The Morgan fingerprint density at radius 2 is 1.36 bits per heavy atom. The van der Waals surface area contributed by atoms with E-state index in [0.717, 1.165) is 11.1 Å². The summed E-state index contributed by atoms with van der Waals surface area (Å²) in [6.45, 7) is 10.0. The summed E-state index contributed by atoms with van der Waals surface area (Å²) < 4.78 is 15.5. The van der Waals surface area contributed by atoms with E-state index in [1.807, 2.05) is 19.9 Å². The van der Waals surface area contributed by atoms with Crippen molar-refractivity contribution in [2.24, 2.45) is 7.05 Å². The monoisotopic (exact) mass is 1040 g/mol. The molecular formula is C65H61N3O10. The first kappa shape index (κ1) is 54.6. The van der Waals surface area contributed by atoms with E-state index < -0.39 is 23.4 Å². The fourth-order valence-electron chi connectivity index (χ4n) is 9.77. The molecular weight excluding hydrogens is 983 g/mol. The minimum absolute atomic E-state index is 0.103. The standard InChI is InChI=1S/C26H28N3.C23H16O6.C16H18O4/c1-19-17-21(20(2)29(19)24-9-7-6-8-10-24)11-13-23-14-12-22-18-25(27(3)4)15-16-26(22)28(23)5;24-20-16(14-7-3-1-5-12(14)9-18(20)22(26)27)11-17-15-8-4-2-6-13(15)10-19(21(17)25)23(28)29;1-9(2)5-6-11-14(19-4)8-13(18)15-12(17)7-10(3)20-16(11)15/h6-18H,1-5H3;1-10,24-25H,11H2,(H,26,27)(H,28,29);5,7-8,18H,6H2,1-4H3/q+1;;/p-1. The van der Waals surface area contributed by atoms with Crippen LogP contribution >= 0.6 is 0 Å². The number of hydrogen-bond acceptors (Lipinski definition) is 9. The van der Waals surface area contributed by atoms with Crippen molar-refractivity contribution in [1.82, 2.24) is 4.57 Å². The van der Waals surface area contributed by atoms with Gasteiger partial charge in [0.2, 0.25) is 11.2 Å². The van der Waals surface area contributed by atoms with Crippen LogP contribution in [-0.2, 0) is 19.9 Å². The van der Waals surface area contributed by atoms with Gasteiger partial charge in [-0.15, -0.1) is 0 Å². The number of aryl methyl sites for hydroxylation is 3. The summed E-state index contributed by atoms with van der Waals surface area (Å²) >= 11 is 0. The number of anilines is 1. The van der Waals surface area contributed by atoms with Gasteiger partial charge in [-0.1, -0.05) is 84.1 Å². The van der Waals surface area contributed by atoms with Crippen LogP contribution in [0.5, 0.6) is 23.0 Å². The normalized spacial score (nSPS) is 11.1. The molecule has 3 heterocycles. The Hall–Kier alpha value is -9.62. The van der Waals surface area contributed by atoms with Crippen LogP contribution in [0.3, 0.4) is 0 Å². The minimum atomic E-state index is -1.34. The quantitative estimate of drug-likeness (QED) is 0.0712. The number of fused-ring (bicyclic) bond motifs is 4. The maximum absolute atomic E-state index is 12.9. The summed E-state index contributed by atoms with van der Waals surface area (Å²) in [5.41, 5.74) is 10.5. The van der Waals surface area contributed by atoms with Crippen molar-refractivity contribution >= 4 is 73.2 Å². The lowest BCUT2D eigenvalue weighted by Gasteiger charge is -2.21. The number of aromatic nitrogens is 2. The number of aromatic hydroxyl groups is 2. The molecule has 0 radical (unpaired) electrons. The number of methoxy groups -OCH3 is 1. The molecule has 78 heavy (non-hydrogen) atoms. The molecule has 0 spiro atoms. The SMILES string of the molecule is COc1cc(O)c2c(=O)cc(C)oc2c1CC=C(C)C.Cc1cc(C=Cc2ccc3cc(N(C)C)ccc3[n+]2C)c(C)n1-c1ccccc1.O=C(O)c1cc2ccccc2c(Cc2c(O)c(C(=O)O)cc3ccccc23)c1[O-]. The van der Waals surface area contributed by atoms with Gasteiger partial charge in [-0.05, 0) is 128 Å². The maximum Gasteiger partial charge on any atom is 0.339 e. The number of nitrogens with zero attached hydrogens (tertiary/aromatic N) is 3. The van der Waals surface area contributed by atoms with E-state index in [2.05, 4.69) is 128 Å². The average Bonchev–Trinajstić information content (AvgIpc) is 3.71. The highest BCUT2D eigenvalue weighted by Gasteiger charge is 2.21. The summed E-state index contributed by atoms with van der Waals surface area (Å²) in [5, 5.41) is 56.3. The van der Waals surface area contributed by atoms with E-state index in [-0.39, 0.29) is 45.2 Å². The molecule has 0 amide bonds. The minimum Gasteiger partial charge on any atom is -0.872 e. The number of benzene rings is 7. The van der Waals surface area contributed by atoms with Crippen molar-refractivity contribution < 1.29 is 48.8 Å². The molecule has 10 aromatic rings. The predicted octanol–water partition coefficient (Wildman–Crippen LogP) is 12.4. The number of para-hydroxylation sites is 1. The van der Waals surface area contributed by atoms with Gasteiger partial charge in [0, 0.05) is 90.1 Å². The summed E-state index contributed by atoms with van der Waals surface area (Å²) in [7, 11) is 7.81. The first-order valence-electron chi connectivity index (χ1n) is 25.2. The number of phenolic OH excluding ortho intramolecular Hbond substituents is 1. The van der Waals surface area contributed by atoms with Crippen LogP contribution in [0.1, 0.15) is 79.7 Å². The summed E-state index contributed by atoms with van der Waals surface area (Å²) in [4.78, 5) is 37.3. The van der Waals surface area contributed by atoms with Gasteiger partial charge in [0.15, 0.2) is 5.43 Å². The molecule has 396 valence electrons.